The first kappa shape index (κ1) is 25.9. The van der Waals surface area contributed by atoms with Crippen molar-refractivity contribution in [2.75, 3.05) is 26.9 Å². The van der Waals surface area contributed by atoms with Crippen LogP contribution in [0.1, 0.15) is 56.6 Å². The fourth-order valence-electron chi connectivity index (χ4n) is 4.62. The van der Waals surface area contributed by atoms with Gasteiger partial charge in [0.2, 0.25) is 11.8 Å². The number of aliphatic hydroxyl groups is 1. The Balaban J connectivity index is 1.83. The Hall–Kier alpha value is -2.71. The van der Waals surface area contributed by atoms with Gasteiger partial charge >= 0.3 is 5.97 Å². The van der Waals surface area contributed by atoms with E-state index < -0.39 is 18.1 Å². The molecule has 2 aliphatic rings. The lowest BCUT2D eigenvalue weighted by Crippen LogP contribution is -2.47. The molecule has 186 valence electrons. The van der Waals surface area contributed by atoms with Crippen molar-refractivity contribution >= 4 is 17.8 Å². The summed E-state index contributed by atoms with van der Waals surface area (Å²) in [7, 11) is 1.53. The molecule has 1 fully saturated rings. The standard InChI is InChI=1S/C26H36N2O6/c1-33-18-22-25(19-10-6-4-7-11-19)34-24(31)14-8-3-2-5-12-20(26(32)27-22)16-23(30)28-15-9-13-21(28)17-29/h2,4-7,10-11,20-22,25,29H,3,8-9,12-18H2,1H3,(H,27,32)/t20-,21+,22+,25+/m1/s1. The molecule has 8 nitrogen and oxygen atoms in total. The number of nitrogens with zero attached hydrogens (tertiary/aromatic N) is 1. The van der Waals surface area contributed by atoms with E-state index in [9.17, 15) is 19.5 Å². The van der Waals surface area contributed by atoms with Crippen LogP contribution in [0.3, 0.4) is 0 Å². The van der Waals surface area contributed by atoms with Crippen LogP contribution in [0.25, 0.3) is 0 Å². The molecule has 0 unspecified atom stereocenters. The first-order valence-corrected chi connectivity index (χ1v) is 12.1. The summed E-state index contributed by atoms with van der Waals surface area (Å²) in [6.07, 6.45) is 6.86. The highest BCUT2D eigenvalue weighted by molar-refractivity contribution is 5.86. The Labute approximate surface area is 201 Å². The molecule has 0 aromatic heterocycles. The average Bonchev–Trinajstić information content (AvgIpc) is 3.33. The highest BCUT2D eigenvalue weighted by Crippen LogP contribution is 2.25. The van der Waals surface area contributed by atoms with Gasteiger partial charge in [-0.3, -0.25) is 14.4 Å². The van der Waals surface area contributed by atoms with E-state index in [1.165, 1.54) is 7.11 Å². The number of likely N-dealkylation sites (tertiary alicyclic amines) is 1. The van der Waals surface area contributed by atoms with E-state index in [1.54, 1.807) is 4.90 Å². The topological polar surface area (TPSA) is 105 Å². The summed E-state index contributed by atoms with van der Waals surface area (Å²) in [5, 5.41) is 12.6. The minimum absolute atomic E-state index is 0.0577. The Morgan fingerprint density at radius 3 is 2.74 bits per heavy atom. The Bertz CT molecular complexity index is 843. The number of hydrogen-bond acceptors (Lipinski definition) is 6. The molecule has 2 heterocycles. The molecule has 0 aliphatic carbocycles. The highest BCUT2D eigenvalue weighted by atomic mass is 16.5. The fourth-order valence-corrected chi connectivity index (χ4v) is 4.62. The highest BCUT2D eigenvalue weighted by Gasteiger charge is 2.34. The quantitative estimate of drug-likeness (QED) is 0.487. The van der Waals surface area contributed by atoms with Crippen molar-refractivity contribution in [3.63, 3.8) is 0 Å². The Morgan fingerprint density at radius 2 is 2.00 bits per heavy atom. The lowest BCUT2D eigenvalue weighted by Gasteiger charge is -2.30. The molecule has 0 bridgehead atoms. The molecule has 2 N–H and O–H groups in total. The van der Waals surface area contributed by atoms with E-state index in [1.807, 2.05) is 42.5 Å². The van der Waals surface area contributed by atoms with E-state index in [4.69, 9.17) is 9.47 Å². The van der Waals surface area contributed by atoms with Gasteiger partial charge in [-0.2, -0.15) is 0 Å². The second-order valence-electron chi connectivity index (χ2n) is 8.96. The maximum atomic E-state index is 13.4. The van der Waals surface area contributed by atoms with Gasteiger partial charge in [0.05, 0.1) is 31.2 Å². The van der Waals surface area contributed by atoms with Crippen LogP contribution in [-0.2, 0) is 23.9 Å². The number of esters is 1. The summed E-state index contributed by atoms with van der Waals surface area (Å²) in [5.41, 5.74) is 0.765. The predicted molar refractivity (Wildman–Crippen MR) is 127 cm³/mol. The Morgan fingerprint density at radius 1 is 1.21 bits per heavy atom. The van der Waals surface area contributed by atoms with E-state index in [2.05, 4.69) is 5.32 Å². The minimum Gasteiger partial charge on any atom is -0.455 e. The van der Waals surface area contributed by atoms with Crippen molar-refractivity contribution in [2.45, 2.75) is 63.1 Å². The molecule has 0 spiro atoms. The van der Waals surface area contributed by atoms with Crippen LogP contribution in [0.2, 0.25) is 0 Å². The maximum Gasteiger partial charge on any atom is 0.306 e. The minimum atomic E-state index is -0.708. The predicted octanol–water partition coefficient (Wildman–Crippen LogP) is 2.52. The number of carbonyl (C=O) groups is 3. The molecule has 1 saturated heterocycles. The monoisotopic (exact) mass is 472 g/mol. The number of allylic oxidation sites excluding steroid dienone is 2. The summed E-state index contributed by atoms with van der Waals surface area (Å²) in [5.74, 6) is -1.30. The molecule has 4 atom stereocenters. The third-order valence-electron chi connectivity index (χ3n) is 6.46. The molecule has 2 aliphatic heterocycles. The molecular formula is C26H36N2O6. The molecule has 1 aromatic rings. The lowest BCUT2D eigenvalue weighted by molar-refractivity contribution is -0.153. The zero-order valence-corrected chi connectivity index (χ0v) is 19.9. The van der Waals surface area contributed by atoms with Gasteiger partial charge in [-0.15, -0.1) is 0 Å². The zero-order valence-electron chi connectivity index (χ0n) is 19.9. The number of ether oxygens (including phenoxy) is 2. The molecule has 2 amide bonds. The van der Waals surface area contributed by atoms with Crippen molar-refractivity contribution in [1.82, 2.24) is 10.2 Å². The van der Waals surface area contributed by atoms with Crippen molar-refractivity contribution in [3.8, 4) is 0 Å². The van der Waals surface area contributed by atoms with Crippen LogP contribution >= 0.6 is 0 Å². The average molecular weight is 473 g/mol. The molecule has 34 heavy (non-hydrogen) atoms. The zero-order chi connectivity index (χ0) is 24.3. The van der Waals surface area contributed by atoms with Gasteiger partial charge in [-0.1, -0.05) is 42.5 Å². The SMILES string of the molecule is COC[C@@H]1NC(=O)[C@@H](CC(=O)N2CCC[C@H]2CO)CC=CCCCC(=O)O[C@H]1c1ccccc1. The number of hydrogen-bond donors (Lipinski definition) is 2. The summed E-state index contributed by atoms with van der Waals surface area (Å²) in [6.45, 7) is 0.683. The van der Waals surface area contributed by atoms with Crippen molar-refractivity contribution in [3.05, 3.63) is 48.0 Å². The second kappa shape index (κ2) is 13.2. The van der Waals surface area contributed by atoms with Gasteiger partial charge in [0.1, 0.15) is 6.10 Å². The van der Waals surface area contributed by atoms with Crippen molar-refractivity contribution in [1.29, 1.82) is 0 Å². The first-order valence-electron chi connectivity index (χ1n) is 12.1. The van der Waals surface area contributed by atoms with Gasteiger partial charge in [-0.05, 0) is 37.7 Å². The lowest BCUT2D eigenvalue weighted by atomic mass is 9.96. The summed E-state index contributed by atoms with van der Waals surface area (Å²) in [4.78, 5) is 40.7. The molecule has 3 rings (SSSR count). The van der Waals surface area contributed by atoms with Crippen LogP contribution < -0.4 is 5.32 Å². The normalized spacial score (nSPS) is 26.7. The molecular weight excluding hydrogens is 436 g/mol. The van der Waals surface area contributed by atoms with Gasteiger partial charge in [-0.25, -0.2) is 0 Å². The molecule has 8 heteroatoms. The van der Waals surface area contributed by atoms with E-state index in [0.717, 1.165) is 18.4 Å². The van der Waals surface area contributed by atoms with Crippen LogP contribution in [0, 0.1) is 5.92 Å². The number of carbonyl (C=O) groups excluding carboxylic acids is 3. The number of amides is 2. The number of methoxy groups -OCH3 is 1. The van der Waals surface area contributed by atoms with Gasteiger partial charge in [0, 0.05) is 26.5 Å². The third kappa shape index (κ3) is 7.14. The molecule has 0 radical (unpaired) electrons. The van der Waals surface area contributed by atoms with E-state index >= 15 is 0 Å². The van der Waals surface area contributed by atoms with Crippen LogP contribution in [0.4, 0.5) is 0 Å². The van der Waals surface area contributed by atoms with Crippen LogP contribution in [0.5, 0.6) is 0 Å². The summed E-state index contributed by atoms with van der Waals surface area (Å²) < 4.78 is 11.2. The molecule has 0 saturated carbocycles. The van der Waals surface area contributed by atoms with Crippen LogP contribution in [0.15, 0.2) is 42.5 Å². The van der Waals surface area contributed by atoms with Crippen molar-refractivity contribution in [2.24, 2.45) is 5.92 Å². The second-order valence-corrected chi connectivity index (χ2v) is 8.96. The van der Waals surface area contributed by atoms with E-state index in [0.29, 0.717) is 25.8 Å². The van der Waals surface area contributed by atoms with Gasteiger partial charge in [0.25, 0.3) is 0 Å². The third-order valence-corrected chi connectivity index (χ3v) is 6.46. The van der Waals surface area contributed by atoms with Gasteiger partial charge in [0.15, 0.2) is 0 Å². The summed E-state index contributed by atoms with van der Waals surface area (Å²) in [6, 6.07) is 8.52. The number of aliphatic hydroxyl groups excluding tert-OH is 1. The number of cyclic esters (lactones) is 1. The largest absolute Gasteiger partial charge is 0.455 e. The smallest absolute Gasteiger partial charge is 0.306 e. The Kier molecular flexibility index (Phi) is 10.1. The van der Waals surface area contributed by atoms with Gasteiger partial charge < -0.3 is 24.8 Å². The number of rotatable bonds is 6. The first-order chi connectivity index (χ1) is 16.5. The fraction of sp³-hybridized carbons (Fsp3) is 0.577. The maximum absolute atomic E-state index is 13.4. The number of nitrogens with one attached hydrogen (secondary N) is 1. The summed E-state index contributed by atoms with van der Waals surface area (Å²) >= 11 is 0. The molecule has 1 aromatic carbocycles. The van der Waals surface area contributed by atoms with E-state index in [-0.39, 0.29) is 49.9 Å². The van der Waals surface area contributed by atoms with Crippen LogP contribution in [-0.4, -0.2) is 66.7 Å². The number of benzene rings is 1. The van der Waals surface area contributed by atoms with Crippen molar-refractivity contribution < 1.29 is 29.0 Å².